The molecule has 0 amide bonds. The molecule has 2 rings (SSSR count). The Morgan fingerprint density at radius 3 is 2.94 bits per heavy atom. The van der Waals surface area contributed by atoms with E-state index >= 15 is 0 Å². The van der Waals surface area contributed by atoms with Gasteiger partial charge in [-0.1, -0.05) is 13.0 Å². The molecular weight excluding hydrogens is 216 g/mol. The highest BCUT2D eigenvalue weighted by Gasteiger charge is 2.17. The largest absolute Gasteiger partial charge is 0.493 e. The van der Waals surface area contributed by atoms with E-state index in [1.807, 2.05) is 18.2 Å². The Morgan fingerprint density at radius 2 is 2.29 bits per heavy atom. The van der Waals surface area contributed by atoms with Gasteiger partial charge in [0.2, 0.25) is 0 Å². The van der Waals surface area contributed by atoms with Crippen molar-refractivity contribution in [3.8, 4) is 11.5 Å². The number of hydrogen-bond donors (Lipinski definition) is 1. The Hall–Kier alpha value is -1.71. The summed E-state index contributed by atoms with van der Waals surface area (Å²) in [7, 11) is 1.65. The standard InChI is InChI=1S/C13H18N2O2/c1-3-9-17-12-10(13-14-7-8-15-13)5-4-6-11(12)16-2/h4-6H,3,7-9H2,1-2H3,(H,14,15). The lowest BCUT2D eigenvalue weighted by Gasteiger charge is -2.14. The minimum atomic E-state index is 0.681. The minimum absolute atomic E-state index is 0.681. The number of nitrogens with one attached hydrogen (secondary N) is 1. The van der Waals surface area contributed by atoms with Gasteiger partial charge in [-0.3, -0.25) is 4.99 Å². The molecule has 0 aromatic heterocycles. The van der Waals surface area contributed by atoms with Gasteiger partial charge in [-0.2, -0.15) is 0 Å². The second kappa shape index (κ2) is 5.57. The monoisotopic (exact) mass is 234 g/mol. The number of hydrogen-bond acceptors (Lipinski definition) is 4. The second-order valence-electron chi connectivity index (χ2n) is 3.84. The summed E-state index contributed by atoms with van der Waals surface area (Å²) in [6.45, 7) is 4.47. The molecule has 1 aromatic carbocycles. The third-order valence-corrected chi connectivity index (χ3v) is 2.58. The fourth-order valence-electron chi connectivity index (χ4n) is 1.79. The first-order valence-electron chi connectivity index (χ1n) is 5.95. The molecule has 4 heteroatoms. The maximum Gasteiger partial charge on any atom is 0.172 e. The number of benzene rings is 1. The van der Waals surface area contributed by atoms with Gasteiger partial charge >= 0.3 is 0 Å². The van der Waals surface area contributed by atoms with Crippen molar-refractivity contribution in [2.75, 3.05) is 26.8 Å². The van der Waals surface area contributed by atoms with Crippen LogP contribution in [0.25, 0.3) is 0 Å². The molecular formula is C13H18N2O2. The molecule has 17 heavy (non-hydrogen) atoms. The van der Waals surface area contributed by atoms with Crippen LogP contribution in [0, 0.1) is 0 Å². The van der Waals surface area contributed by atoms with E-state index in [2.05, 4.69) is 17.2 Å². The number of amidine groups is 1. The summed E-state index contributed by atoms with van der Waals surface area (Å²) >= 11 is 0. The maximum absolute atomic E-state index is 5.77. The van der Waals surface area contributed by atoms with Crippen LogP contribution in [-0.4, -0.2) is 32.6 Å². The van der Waals surface area contributed by atoms with Crippen molar-refractivity contribution in [1.29, 1.82) is 0 Å². The molecule has 0 unspecified atom stereocenters. The quantitative estimate of drug-likeness (QED) is 0.845. The summed E-state index contributed by atoms with van der Waals surface area (Å²) < 4.78 is 11.1. The van der Waals surface area contributed by atoms with E-state index in [1.165, 1.54) is 0 Å². The molecule has 0 saturated heterocycles. The first-order chi connectivity index (χ1) is 8.36. The summed E-state index contributed by atoms with van der Waals surface area (Å²) in [4.78, 5) is 4.42. The molecule has 0 spiro atoms. The van der Waals surface area contributed by atoms with Crippen LogP contribution in [0.2, 0.25) is 0 Å². The van der Waals surface area contributed by atoms with Crippen molar-refractivity contribution in [2.24, 2.45) is 4.99 Å². The fraction of sp³-hybridized carbons (Fsp3) is 0.462. The van der Waals surface area contributed by atoms with Crippen molar-refractivity contribution in [2.45, 2.75) is 13.3 Å². The number of ether oxygens (including phenoxy) is 2. The first kappa shape index (κ1) is 11.8. The van der Waals surface area contributed by atoms with Crippen molar-refractivity contribution >= 4 is 5.84 Å². The molecule has 0 radical (unpaired) electrons. The Labute approximate surface area is 102 Å². The van der Waals surface area contributed by atoms with E-state index in [9.17, 15) is 0 Å². The Kier molecular flexibility index (Phi) is 3.85. The zero-order chi connectivity index (χ0) is 12.1. The molecule has 0 atom stereocenters. The number of para-hydroxylation sites is 1. The topological polar surface area (TPSA) is 42.9 Å². The molecule has 1 aromatic rings. The predicted molar refractivity (Wildman–Crippen MR) is 68.2 cm³/mol. The summed E-state index contributed by atoms with van der Waals surface area (Å²) in [6, 6.07) is 5.87. The molecule has 1 N–H and O–H groups in total. The predicted octanol–water partition coefficient (Wildman–Crippen LogP) is 1.83. The van der Waals surface area contributed by atoms with Crippen molar-refractivity contribution in [3.63, 3.8) is 0 Å². The van der Waals surface area contributed by atoms with Gasteiger partial charge in [-0.05, 0) is 18.6 Å². The van der Waals surface area contributed by atoms with Crippen LogP contribution in [0.3, 0.4) is 0 Å². The van der Waals surface area contributed by atoms with Gasteiger partial charge in [0.25, 0.3) is 0 Å². The molecule has 0 aliphatic carbocycles. The summed E-state index contributed by atoms with van der Waals surface area (Å²) in [5.74, 6) is 2.44. The van der Waals surface area contributed by atoms with E-state index in [-0.39, 0.29) is 0 Å². The number of nitrogens with zero attached hydrogens (tertiary/aromatic N) is 1. The zero-order valence-electron chi connectivity index (χ0n) is 10.3. The molecule has 0 saturated carbocycles. The molecule has 4 nitrogen and oxygen atoms in total. The molecule has 1 aliphatic heterocycles. The average molecular weight is 234 g/mol. The summed E-state index contributed by atoms with van der Waals surface area (Å²) in [5.41, 5.74) is 0.982. The van der Waals surface area contributed by atoms with Gasteiger partial charge < -0.3 is 14.8 Å². The van der Waals surface area contributed by atoms with E-state index in [4.69, 9.17) is 9.47 Å². The van der Waals surface area contributed by atoms with Gasteiger partial charge in [0.05, 0.1) is 25.8 Å². The van der Waals surface area contributed by atoms with E-state index in [0.29, 0.717) is 6.61 Å². The maximum atomic E-state index is 5.77. The van der Waals surface area contributed by atoms with Crippen LogP contribution in [0.15, 0.2) is 23.2 Å². The molecule has 1 heterocycles. The summed E-state index contributed by atoms with van der Waals surface area (Å²) in [6.07, 6.45) is 0.970. The van der Waals surface area contributed by atoms with Gasteiger partial charge in [0.15, 0.2) is 11.5 Å². The van der Waals surface area contributed by atoms with Crippen LogP contribution < -0.4 is 14.8 Å². The van der Waals surface area contributed by atoms with E-state index in [1.54, 1.807) is 7.11 Å². The Morgan fingerprint density at radius 1 is 1.41 bits per heavy atom. The lowest BCUT2D eigenvalue weighted by molar-refractivity contribution is 0.293. The minimum Gasteiger partial charge on any atom is -0.493 e. The summed E-state index contributed by atoms with van der Waals surface area (Å²) in [5, 5.41) is 3.26. The SMILES string of the molecule is CCCOc1c(OC)cccc1C1=NCCN1. The Bertz CT molecular complexity index is 416. The first-order valence-corrected chi connectivity index (χ1v) is 5.95. The third-order valence-electron chi connectivity index (χ3n) is 2.58. The van der Waals surface area contributed by atoms with E-state index < -0.39 is 0 Å². The van der Waals surface area contributed by atoms with Crippen LogP contribution >= 0.6 is 0 Å². The lowest BCUT2D eigenvalue weighted by atomic mass is 10.1. The third kappa shape index (κ3) is 2.52. The molecule has 1 aliphatic rings. The molecule has 0 bridgehead atoms. The second-order valence-corrected chi connectivity index (χ2v) is 3.84. The van der Waals surface area contributed by atoms with Crippen LogP contribution in [-0.2, 0) is 0 Å². The average Bonchev–Trinajstić information content (AvgIpc) is 2.89. The van der Waals surface area contributed by atoms with Crippen molar-refractivity contribution < 1.29 is 9.47 Å². The van der Waals surface area contributed by atoms with Gasteiger partial charge in [0.1, 0.15) is 5.84 Å². The fourth-order valence-corrected chi connectivity index (χ4v) is 1.79. The van der Waals surface area contributed by atoms with Gasteiger partial charge in [-0.15, -0.1) is 0 Å². The Balaban J connectivity index is 2.35. The highest BCUT2D eigenvalue weighted by Crippen LogP contribution is 2.31. The van der Waals surface area contributed by atoms with Crippen LogP contribution in [0.4, 0.5) is 0 Å². The van der Waals surface area contributed by atoms with Crippen LogP contribution in [0.5, 0.6) is 11.5 Å². The molecule has 0 fully saturated rings. The zero-order valence-corrected chi connectivity index (χ0v) is 10.3. The smallest absolute Gasteiger partial charge is 0.172 e. The normalized spacial score (nSPS) is 14.1. The number of rotatable bonds is 5. The molecule has 92 valence electrons. The highest BCUT2D eigenvalue weighted by molar-refractivity contribution is 6.02. The number of aliphatic imine (C=N–C) groups is 1. The van der Waals surface area contributed by atoms with Crippen LogP contribution in [0.1, 0.15) is 18.9 Å². The van der Waals surface area contributed by atoms with Crippen molar-refractivity contribution in [1.82, 2.24) is 5.32 Å². The number of methoxy groups -OCH3 is 1. The van der Waals surface area contributed by atoms with Gasteiger partial charge in [-0.25, -0.2) is 0 Å². The highest BCUT2D eigenvalue weighted by atomic mass is 16.5. The lowest BCUT2D eigenvalue weighted by Crippen LogP contribution is -2.20. The van der Waals surface area contributed by atoms with Crippen molar-refractivity contribution in [3.05, 3.63) is 23.8 Å². The van der Waals surface area contributed by atoms with Gasteiger partial charge in [0, 0.05) is 6.54 Å². The van der Waals surface area contributed by atoms with E-state index in [0.717, 1.165) is 42.4 Å².